The zero-order valence-electron chi connectivity index (χ0n) is 10.3. The predicted octanol–water partition coefficient (Wildman–Crippen LogP) is 2.41. The highest BCUT2D eigenvalue weighted by molar-refractivity contribution is 4.89. The van der Waals surface area contributed by atoms with Gasteiger partial charge < -0.3 is 10.0 Å². The van der Waals surface area contributed by atoms with E-state index in [0.717, 1.165) is 18.4 Å². The fraction of sp³-hybridized carbons (Fsp3) is 1.00. The highest BCUT2D eigenvalue weighted by Crippen LogP contribution is 2.36. The Balaban J connectivity index is 1.43. The maximum absolute atomic E-state index is 9.83. The van der Waals surface area contributed by atoms with Crippen LogP contribution in [0.5, 0.6) is 0 Å². The number of hydrogen-bond donors (Lipinski definition) is 1. The molecule has 0 spiro atoms. The van der Waals surface area contributed by atoms with E-state index in [9.17, 15) is 5.11 Å². The van der Waals surface area contributed by atoms with Gasteiger partial charge in [0.25, 0.3) is 0 Å². The molecule has 2 unspecified atom stereocenters. The summed E-state index contributed by atoms with van der Waals surface area (Å²) < 4.78 is 0. The molecule has 2 nitrogen and oxygen atoms in total. The monoisotopic (exact) mass is 223 g/mol. The van der Waals surface area contributed by atoms with Gasteiger partial charge in [-0.1, -0.05) is 6.42 Å². The molecule has 0 radical (unpaired) electrons. The molecular formula is C14H25NO. The number of hydrogen-bond acceptors (Lipinski definition) is 2. The van der Waals surface area contributed by atoms with E-state index >= 15 is 0 Å². The molecule has 0 aliphatic heterocycles. The third-order valence-electron chi connectivity index (χ3n) is 4.66. The molecule has 0 saturated heterocycles. The molecule has 0 heterocycles. The van der Waals surface area contributed by atoms with E-state index in [4.69, 9.17) is 0 Å². The Hall–Kier alpha value is -0.0800. The van der Waals surface area contributed by atoms with Gasteiger partial charge in [-0.15, -0.1) is 0 Å². The Morgan fingerprint density at radius 2 is 1.81 bits per heavy atom. The number of rotatable bonds is 6. The lowest BCUT2D eigenvalue weighted by atomic mass is 10.0. The van der Waals surface area contributed by atoms with Gasteiger partial charge >= 0.3 is 0 Å². The Morgan fingerprint density at radius 1 is 1.00 bits per heavy atom. The van der Waals surface area contributed by atoms with Gasteiger partial charge in [0.15, 0.2) is 0 Å². The van der Waals surface area contributed by atoms with Crippen LogP contribution in [0.2, 0.25) is 0 Å². The first-order valence-electron chi connectivity index (χ1n) is 7.25. The van der Waals surface area contributed by atoms with Crippen molar-refractivity contribution in [3.05, 3.63) is 0 Å². The molecular weight excluding hydrogens is 198 g/mol. The third kappa shape index (κ3) is 2.78. The van der Waals surface area contributed by atoms with Crippen LogP contribution in [0.25, 0.3) is 0 Å². The van der Waals surface area contributed by atoms with Crippen molar-refractivity contribution < 1.29 is 5.11 Å². The molecule has 0 aromatic carbocycles. The summed E-state index contributed by atoms with van der Waals surface area (Å²) in [5.74, 6) is 1.63. The van der Waals surface area contributed by atoms with Crippen LogP contribution in [0, 0.1) is 11.8 Å². The fourth-order valence-electron chi connectivity index (χ4n) is 3.18. The Labute approximate surface area is 99.0 Å². The summed E-state index contributed by atoms with van der Waals surface area (Å²) in [7, 11) is 0. The average Bonchev–Trinajstić information content (AvgIpc) is 3.14. The number of aliphatic hydroxyl groups excluding tert-OH is 1. The molecule has 3 fully saturated rings. The van der Waals surface area contributed by atoms with Gasteiger partial charge in [-0.3, -0.25) is 0 Å². The van der Waals surface area contributed by atoms with Crippen molar-refractivity contribution >= 4 is 0 Å². The summed E-state index contributed by atoms with van der Waals surface area (Å²) in [5.41, 5.74) is 0. The van der Waals surface area contributed by atoms with Crippen LogP contribution in [0.4, 0.5) is 0 Å². The molecule has 0 aromatic rings. The van der Waals surface area contributed by atoms with Gasteiger partial charge in [-0.2, -0.15) is 0 Å². The molecule has 92 valence electrons. The van der Waals surface area contributed by atoms with Gasteiger partial charge in [0.05, 0.1) is 6.10 Å². The molecule has 3 rings (SSSR count). The van der Waals surface area contributed by atoms with Crippen molar-refractivity contribution in [3.63, 3.8) is 0 Å². The number of nitrogens with zero attached hydrogens (tertiary/aromatic N) is 1. The summed E-state index contributed by atoms with van der Waals surface area (Å²) in [6.45, 7) is 2.61. The summed E-state index contributed by atoms with van der Waals surface area (Å²) >= 11 is 0. The van der Waals surface area contributed by atoms with E-state index < -0.39 is 0 Å². The van der Waals surface area contributed by atoms with Crippen LogP contribution >= 0.6 is 0 Å². The van der Waals surface area contributed by atoms with Crippen LogP contribution in [0.1, 0.15) is 51.4 Å². The van der Waals surface area contributed by atoms with E-state index in [2.05, 4.69) is 4.90 Å². The van der Waals surface area contributed by atoms with Crippen LogP contribution in [0.3, 0.4) is 0 Å². The smallest absolute Gasteiger partial charge is 0.0568 e. The van der Waals surface area contributed by atoms with Gasteiger partial charge in [0.2, 0.25) is 0 Å². The van der Waals surface area contributed by atoms with Gasteiger partial charge in [0.1, 0.15) is 0 Å². The average molecular weight is 223 g/mol. The SMILES string of the molecule is OC1CCCC1CCN(CC1CC1)C1CC1. The van der Waals surface area contributed by atoms with Crippen LogP contribution < -0.4 is 0 Å². The molecule has 16 heavy (non-hydrogen) atoms. The molecule has 3 aliphatic rings. The normalized spacial score (nSPS) is 34.9. The van der Waals surface area contributed by atoms with E-state index in [-0.39, 0.29) is 6.10 Å². The zero-order valence-corrected chi connectivity index (χ0v) is 10.3. The van der Waals surface area contributed by atoms with Gasteiger partial charge in [0, 0.05) is 12.6 Å². The largest absolute Gasteiger partial charge is 0.393 e. The first kappa shape index (κ1) is 11.0. The van der Waals surface area contributed by atoms with Crippen LogP contribution in [-0.4, -0.2) is 35.2 Å². The van der Waals surface area contributed by atoms with Gasteiger partial charge in [-0.25, -0.2) is 0 Å². The van der Waals surface area contributed by atoms with Crippen molar-refractivity contribution in [1.82, 2.24) is 4.90 Å². The second kappa shape index (κ2) is 4.66. The third-order valence-corrected chi connectivity index (χ3v) is 4.66. The lowest BCUT2D eigenvalue weighted by Crippen LogP contribution is -2.31. The zero-order chi connectivity index (χ0) is 11.0. The minimum Gasteiger partial charge on any atom is -0.393 e. The van der Waals surface area contributed by atoms with Crippen molar-refractivity contribution in [2.24, 2.45) is 11.8 Å². The molecule has 3 saturated carbocycles. The molecule has 3 aliphatic carbocycles. The summed E-state index contributed by atoms with van der Waals surface area (Å²) in [6, 6.07) is 0.916. The maximum Gasteiger partial charge on any atom is 0.0568 e. The lowest BCUT2D eigenvalue weighted by molar-refractivity contribution is 0.116. The van der Waals surface area contributed by atoms with Gasteiger partial charge in [-0.05, 0) is 63.3 Å². The molecule has 0 amide bonds. The minimum absolute atomic E-state index is 0.0157. The van der Waals surface area contributed by atoms with Crippen LogP contribution in [0.15, 0.2) is 0 Å². The maximum atomic E-state index is 9.83. The standard InChI is InChI=1S/C14H25NO/c16-14-3-1-2-12(14)8-9-15(13-6-7-13)10-11-4-5-11/h11-14,16H,1-10H2. The molecule has 2 heteroatoms. The Morgan fingerprint density at radius 3 is 2.38 bits per heavy atom. The molecule has 1 N–H and O–H groups in total. The first-order valence-corrected chi connectivity index (χ1v) is 7.25. The second-order valence-corrected chi connectivity index (χ2v) is 6.22. The first-order chi connectivity index (χ1) is 7.83. The van der Waals surface area contributed by atoms with Crippen molar-refractivity contribution in [3.8, 4) is 0 Å². The van der Waals surface area contributed by atoms with E-state index in [0.29, 0.717) is 5.92 Å². The van der Waals surface area contributed by atoms with Crippen LogP contribution in [-0.2, 0) is 0 Å². The number of aliphatic hydroxyl groups is 1. The fourth-order valence-corrected chi connectivity index (χ4v) is 3.18. The van der Waals surface area contributed by atoms with E-state index in [1.807, 2.05) is 0 Å². The predicted molar refractivity (Wildman–Crippen MR) is 65.3 cm³/mol. The van der Waals surface area contributed by atoms with Crippen molar-refractivity contribution in [2.45, 2.75) is 63.5 Å². The highest BCUT2D eigenvalue weighted by Gasteiger charge is 2.34. The summed E-state index contributed by atoms with van der Waals surface area (Å²) in [5, 5.41) is 9.83. The quantitative estimate of drug-likeness (QED) is 0.747. The van der Waals surface area contributed by atoms with Crippen molar-refractivity contribution in [1.29, 1.82) is 0 Å². The minimum atomic E-state index is 0.0157. The molecule has 2 atom stereocenters. The van der Waals surface area contributed by atoms with E-state index in [1.165, 1.54) is 58.0 Å². The lowest BCUT2D eigenvalue weighted by Gasteiger charge is -2.24. The van der Waals surface area contributed by atoms with Crippen molar-refractivity contribution in [2.75, 3.05) is 13.1 Å². The Bertz CT molecular complexity index is 235. The second-order valence-electron chi connectivity index (χ2n) is 6.22. The Kier molecular flexibility index (Phi) is 3.21. The summed E-state index contributed by atoms with van der Waals surface area (Å²) in [4.78, 5) is 2.72. The summed E-state index contributed by atoms with van der Waals surface area (Å²) in [6.07, 6.45) is 10.6. The van der Waals surface area contributed by atoms with E-state index in [1.54, 1.807) is 0 Å². The molecule has 0 bridgehead atoms. The highest BCUT2D eigenvalue weighted by atomic mass is 16.3. The topological polar surface area (TPSA) is 23.5 Å². The molecule has 0 aromatic heterocycles.